The minimum absolute atomic E-state index is 0.0350. The van der Waals surface area contributed by atoms with E-state index in [4.69, 9.17) is 9.47 Å². The zero-order valence-corrected chi connectivity index (χ0v) is 14.8. The summed E-state index contributed by atoms with van der Waals surface area (Å²) < 4.78 is 10.2. The van der Waals surface area contributed by atoms with Crippen LogP contribution in [0.3, 0.4) is 0 Å². The van der Waals surface area contributed by atoms with Gasteiger partial charge in [0.25, 0.3) is 5.91 Å². The van der Waals surface area contributed by atoms with Gasteiger partial charge >= 0.3 is 6.03 Å². The number of carbonyl (C=O) groups is 3. The molecule has 1 aromatic carbocycles. The molecule has 8 heteroatoms. The van der Waals surface area contributed by atoms with Crippen molar-refractivity contribution in [2.24, 2.45) is 0 Å². The molecule has 0 saturated carbocycles. The van der Waals surface area contributed by atoms with Gasteiger partial charge in [0.1, 0.15) is 17.8 Å². The molecule has 0 spiro atoms. The van der Waals surface area contributed by atoms with Crippen LogP contribution in [0.15, 0.2) is 24.3 Å². The minimum Gasteiger partial charge on any atom is -0.496 e. The van der Waals surface area contributed by atoms with Gasteiger partial charge in [0.15, 0.2) is 0 Å². The first-order valence-electron chi connectivity index (χ1n) is 7.87. The van der Waals surface area contributed by atoms with E-state index in [1.54, 1.807) is 27.0 Å². The largest absolute Gasteiger partial charge is 0.496 e. The maximum atomic E-state index is 12.4. The molecule has 0 aromatic heterocycles. The summed E-state index contributed by atoms with van der Waals surface area (Å²) in [6.07, 6.45) is 0. The lowest BCUT2D eigenvalue weighted by Crippen LogP contribution is -2.48. The topological polar surface area (TPSA) is 97.0 Å². The smallest absolute Gasteiger partial charge is 0.325 e. The number of nitrogens with one attached hydrogen (secondary N) is 2. The van der Waals surface area contributed by atoms with E-state index in [9.17, 15) is 14.4 Å². The number of benzene rings is 1. The van der Waals surface area contributed by atoms with Crippen LogP contribution in [0.5, 0.6) is 5.75 Å². The average Bonchev–Trinajstić information content (AvgIpc) is 2.78. The number of amides is 4. The van der Waals surface area contributed by atoms with Gasteiger partial charge in [-0.2, -0.15) is 0 Å². The molecule has 1 saturated heterocycles. The lowest BCUT2D eigenvalue weighted by molar-refractivity contribution is -0.136. The predicted octanol–water partition coefficient (Wildman–Crippen LogP) is 0.829. The normalized spacial score (nSPS) is 21.0. The molecular formula is C17H23N3O5. The van der Waals surface area contributed by atoms with Crippen molar-refractivity contribution in [2.75, 3.05) is 27.4 Å². The van der Waals surface area contributed by atoms with Crippen molar-refractivity contribution < 1.29 is 23.9 Å². The Morgan fingerprint density at radius 1 is 1.32 bits per heavy atom. The number of nitrogens with zero attached hydrogens (tertiary/aromatic N) is 1. The Kier molecular flexibility index (Phi) is 5.63. The molecule has 1 aliphatic heterocycles. The zero-order chi connectivity index (χ0) is 18.6. The first-order chi connectivity index (χ1) is 11.8. The fraction of sp³-hybridized carbons (Fsp3) is 0.471. The molecule has 2 atom stereocenters. The van der Waals surface area contributed by atoms with E-state index in [1.165, 1.54) is 7.11 Å². The van der Waals surface area contributed by atoms with Crippen LogP contribution in [0.4, 0.5) is 4.79 Å². The molecule has 0 radical (unpaired) electrons. The summed E-state index contributed by atoms with van der Waals surface area (Å²) in [5.41, 5.74) is -0.347. The van der Waals surface area contributed by atoms with Crippen LogP contribution >= 0.6 is 0 Å². The molecule has 2 N–H and O–H groups in total. The maximum absolute atomic E-state index is 12.4. The first kappa shape index (κ1) is 18.7. The maximum Gasteiger partial charge on any atom is 0.325 e. The van der Waals surface area contributed by atoms with Gasteiger partial charge in [0.2, 0.25) is 5.91 Å². The van der Waals surface area contributed by atoms with Gasteiger partial charge in [-0.15, -0.1) is 0 Å². The van der Waals surface area contributed by atoms with Gasteiger partial charge < -0.3 is 20.1 Å². The fourth-order valence-electron chi connectivity index (χ4n) is 2.81. The van der Waals surface area contributed by atoms with Crippen LogP contribution in [-0.4, -0.2) is 55.7 Å². The van der Waals surface area contributed by atoms with Gasteiger partial charge in [0.05, 0.1) is 19.8 Å². The number of rotatable bonds is 7. The second-order valence-corrected chi connectivity index (χ2v) is 6.12. The lowest BCUT2D eigenvalue weighted by Gasteiger charge is -2.21. The van der Waals surface area contributed by atoms with Crippen molar-refractivity contribution >= 4 is 17.8 Å². The van der Waals surface area contributed by atoms with Crippen molar-refractivity contribution in [1.82, 2.24) is 15.5 Å². The average molecular weight is 349 g/mol. The van der Waals surface area contributed by atoms with Crippen molar-refractivity contribution in [2.45, 2.75) is 25.4 Å². The number of urea groups is 1. The van der Waals surface area contributed by atoms with E-state index < -0.39 is 23.4 Å². The zero-order valence-electron chi connectivity index (χ0n) is 14.8. The Bertz CT molecular complexity index is 678. The van der Waals surface area contributed by atoms with Crippen LogP contribution in [-0.2, 0) is 14.3 Å². The minimum atomic E-state index is -1.15. The predicted molar refractivity (Wildman–Crippen MR) is 90.1 cm³/mol. The summed E-state index contributed by atoms with van der Waals surface area (Å²) in [5.74, 6) is -0.277. The fourth-order valence-corrected chi connectivity index (χ4v) is 2.81. The van der Waals surface area contributed by atoms with E-state index in [-0.39, 0.29) is 19.2 Å². The van der Waals surface area contributed by atoms with Crippen LogP contribution in [0.25, 0.3) is 0 Å². The number of hydrogen-bond donors (Lipinski definition) is 2. The third kappa shape index (κ3) is 3.90. The molecule has 8 nitrogen and oxygen atoms in total. The molecule has 1 aromatic rings. The summed E-state index contributed by atoms with van der Waals surface area (Å²) in [6, 6.07) is 6.37. The van der Waals surface area contributed by atoms with Gasteiger partial charge in [0, 0.05) is 12.7 Å². The summed E-state index contributed by atoms with van der Waals surface area (Å²) >= 11 is 0. The number of ether oxygens (including phenoxy) is 2. The molecular weight excluding hydrogens is 326 g/mol. The molecule has 0 aliphatic carbocycles. The van der Waals surface area contributed by atoms with Crippen molar-refractivity contribution in [3.63, 3.8) is 0 Å². The Morgan fingerprint density at radius 2 is 2.00 bits per heavy atom. The van der Waals surface area contributed by atoms with E-state index in [2.05, 4.69) is 10.6 Å². The molecule has 0 bridgehead atoms. The molecule has 2 unspecified atom stereocenters. The highest BCUT2D eigenvalue weighted by atomic mass is 16.5. The van der Waals surface area contributed by atoms with Crippen LogP contribution in [0.1, 0.15) is 25.5 Å². The third-order valence-corrected chi connectivity index (χ3v) is 4.06. The first-order valence-corrected chi connectivity index (χ1v) is 7.87. The van der Waals surface area contributed by atoms with Crippen molar-refractivity contribution in [1.29, 1.82) is 0 Å². The Hall–Kier alpha value is -2.61. The summed E-state index contributed by atoms with van der Waals surface area (Å²) in [6.45, 7) is 3.04. The molecule has 2 rings (SSSR count). The highest BCUT2D eigenvalue weighted by Crippen LogP contribution is 2.24. The SMILES string of the molecule is COCC1(C)NC(=O)N(CC(=O)NC(C)c2ccccc2OC)C1=O. The summed E-state index contributed by atoms with van der Waals surface area (Å²) in [5, 5.41) is 5.33. The highest BCUT2D eigenvalue weighted by Gasteiger charge is 2.48. The number of para-hydroxylation sites is 1. The second-order valence-electron chi connectivity index (χ2n) is 6.12. The Morgan fingerprint density at radius 3 is 2.64 bits per heavy atom. The van der Waals surface area contributed by atoms with Gasteiger partial charge in [-0.1, -0.05) is 18.2 Å². The number of imide groups is 1. The summed E-state index contributed by atoms with van der Waals surface area (Å²) in [4.78, 5) is 37.6. The Balaban J connectivity index is 2.03. The van der Waals surface area contributed by atoms with E-state index in [0.717, 1.165) is 10.5 Å². The number of carbonyl (C=O) groups excluding carboxylic acids is 3. The van der Waals surface area contributed by atoms with Crippen LogP contribution < -0.4 is 15.4 Å². The van der Waals surface area contributed by atoms with Crippen LogP contribution in [0, 0.1) is 0 Å². The standard InChI is InChI=1S/C17H23N3O5/c1-11(12-7-5-6-8-13(12)25-4)18-14(21)9-20-15(22)17(2,10-24-3)19-16(20)23/h5-8,11H,9-10H2,1-4H3,(H,18,21)(H,19,23). The van der Waals surface area contributed by atoms with Gasteiger partial charge in [-0.25, -0.2) is 4.79 Å². The molecule has 25 heavy (non-hydrogen) atoms. The molecule has 136 valence electrons. The third-order valence-electron chi connectivity index (χ3n) is 4.06. The molecule has 1 fully saturated rings. The van der Waals surface area contributed by atoms with Gasteiger partial charge in [-0.05, 0) is 19.9 Å². The van der Waals surface area contributed by atoms with E-state index >= 15 is 0 Å². The Labute approximate surface area is 146 Å². The van der Waals surface area contributed by atoms with E-state index in [1.807, 2.05) is 18.2 Å². The summed E-state index contributed by atoms with van der Waals surface area (Å²) in [7, 11) is 2.99. The van der Waals surface area contributed by atoms with Crippen molar-refractivity contribution in [3.05, 3.63) is 29.8 Å². The monoisotopic (exact) mass is 349 g/mol. The van der Waals surface area contributed by atoms with Crippen LogP contribution in [0.2, 0.25) is 0 Å². The van der Waals surface area contributed by atoms with E-state index in [0.29, 0.717) is 5.75 Å². The quantitative estimate of drug-likeness (QED) is 0.711. The van der Waals surface area contributed by atoms with Gasteiger partial charge in [-0.3, -0.25) is 14.5 Å². The molecule has 1 heterocycles. The molecule has 4 amide bonds. The molecule has 1 aliphatic rings. The van der Waals surface area contributed by atoms with Crippen molar-refractivity contribution in [3.8, 4) is 5.75 Å². The lowest BCUT2D eigenvalue weighted by atomic mass is 10.0. The second kappa shape index (κ2) is 7.52. The highest BCUT2D eigenvalue weighted by molar-refractivity contribution is 6.08. The number of hydrogen-bond acceptors (Lipinski definition) is 5. The number of methoxy groups -OCH3 is 2.